The van der Waals surface area contributed by atoms with Crippen molar-refractivity contribution in [1.82, 2.24) is 14.7 Å². The second kappa shape index (κ2) is 10.7. The Balaban J connectivity index is 1.40. The second-order valence-electron chi connectivity index (χ2n) is 10.5. The molecule has 0 bridgehead atoms. The molecule has 1 unspecified atom stereocenters. The van der Waals surface area contributed by atoms with Crippen LogP contribution in [-0.2, 0) is 4.74 Å². The van der Waals surface area contributed by atoms with Crippen molar-refractivity contribution in [3.63, 3.8) is 0 Å². The molecule has 4 rings (SSSR count). The molecule has 0 aromatic heterocycles. The van der Waals surface area contributed by atoms with Gasteiger partial charge in [-0.15, -0.1) is 0 Å². The van der Waals surface area contributed by atoms with E-state index in [-0.39, 0.29) is 12.0 Å². The van der Waals surface area contributed by atoms with Crippen LogP contribution in [0.4, 0.5) is 16.2 Å². The number of nitrogens with zero attached hydrogens (tertiary/aromatic N) is 4. The Morgan fingerprint density at radius 3 is 2.32 bits per heavy atom. The molecule has 2 aliphatic rings. The normalized spacial score (nSPS) is 18.1. The Morgan fingerprint density at radius 2 is 1.68 bits per heavy atom. The Hall–Kier alpha value is -4.05. The summed E-state index contributed by atoms with van der Waals surface area (Å²) in [6, 6.07) is 12.7. The van der Waals surface area contributed by atoms with Crippen LogP contribution < -0.4 is 11.1 Å². The number of nitrogens with one attached hydrogen (secondary N) is 1. The highest BCUT2D eigenvalue weighted by Crippen LogP contribution is 2.28. The number of rotatable bonds is 3. The summed E-state index contributed by atoms with van der Waals surface area (Å²) in [5.74, 6) is 0.265. The standard InChI is InChI=1S/C28H36N6O4/c1-18-21(7-6-8-22(18)29)23-17-32(5)26(36)24(31-23)30-20-11-9-19(10-12-20)25(35)33-13-15-34(16-14-33)27(37)38-28(2,3)4/h6-12,17,26,36H,13-16,29H2,1-5H3,(H,30,31). The summed E-state index contributed by atoms with van der Waals surface area (Å²) in [5, 5.41) is 13.9. The summed E-state index contributed by atoms with van der Waals surface area (Å²) >= 11 is 0. The number of nitrogens with two attached hydrogens (primary N) is 1. The summed E-state index contributed by atoms with van der Waals surface area (Å²) in [5.41, 5.74) is 9.91. The van der Waals surface area contributed by atoms with Gasteiger partial charge in [-0.05, 0) is 63.6 Å². The number of likely N-dealkylation sites (N-methyl/N-ethyl adjacent to an activating group) is 1. The molecule has 2 heterocycles. The molecule has 10 heteroatoms. The van der Waals surface area contributed by atoms with Gasteiger partial charge in [0.2, 0.25) is 0 Å². The number of ether oxygens (including phenoxy) is 1. The van der Waals surface area contributed by atoms with Crippen LogP contribution in [0.25, 0.3) is 5.70 Å². The molecule has 1 saturated heterocycles. The fraction of sp³-hybridized carbons (Fsp3) is 0.393. The van der Waals surface area contributed by atoms with Crippen LogP contribution in [0.2, 0.25) is 0 Å². The van der Waals surface area contributed by atoms with E-state index in [9.17, 15) is 14.7 Å². The van der Waals surface area contributed by atoms with Gasteiger partial charge in [-0.3, -0.25) is 4.79 Å². The van der Waals surface area contributed by atoms with Gasteiger partial charge in [-0.25, -0.2) is 9.79 Å². The number of amidine groups is 1. The number of aliphatic hydroxyl groups is 1. The molecule has 2 aromatic carbocycles. The van der Waals surface area contributed by atoms with Crippen LogP contribution in [0.5, 0.6) is 0 Å². The minimum atomic E-state index is -0.956. The van der Waals surface area contributed by atoms with E-state index in [1.54, 1.807) is 52.2 Å². The van der Waals surface area contributed by atoms with Crippen molar-refractivity contribution in [2.24, 2.45) is 4.99 Å². The molecule has 2 amide bonds. The fourth-order valence-electron chi connectivity index (χ4n) is 4.27. The summed E-state index contributed by atoms with van der Waals surface area (Å²) < 4.78 is 5.43. The molecule has 2 aromatic rings. The first kappa shape index (κ1) is 27.0. The predicted octanol–water partition coefficient (Wildman–Crippen LogP) is 3.34. The molecule has 0 aliphatic carbocycles. The lowest BCUT2D eigenvalue weighted by molar-refractivity contribution is 0.0141. The van der Waals surface area contributed by atoms with E-state index in [0.717, 1.165) is 11.1 Å². The maximum atomic E-state index is 13.0. The highest BCUT2D eigenvalue weighted by Gasteiger charge is 2.28. The summed E-state index contributed by atoms with van der Waals surface area (Å²) in [4.78, 5) is 35.0. The van der Waals surface area contributed by atoms with Gasteiger partial charge >= 0.3 is 6.09 Å². The van der Waals surface area contributed by atoms with E-state index in [0.29, 0.717) is 54.6 Å². The lowest BCUT2D eigenvalue weighted by Gasteiger charge is -2.35. The molecule has 10 nitrogen and oxygen atoms in total. The van der Waals surface area contributed by atoms with E-state index in [1.165, 1.54) is 0 Å². The van der Waals surface area contributed by atoms with E-state index in [2.05, 4.69) is 10.3 Å². The number of carbonyl (C=O) groups is 2. The van der Waals surface area contributed by atoms with Gasteiger partial charge in [-0.2, -0.15) is 0 Å². The average Bonchev–Trinajstić information content (AvgIpc) is 2.87. The molecular formula is C28H36N6O4. The highest BCUT2D eigenvalue weighted by atomic mass is 16.6. The smallest absolute Gasteiger partial charge is 0.410 e. The van der Waals surface area contributed by atoms with Crippen molar-refractivity contribution in [1.29, 1.82) is 0 Å². The minimum absolute atomic E-state index is 0.0995. The van der Waals surface area contributed by atoms with Gasteiger partial charge in [-0.1, -0.05) is 12.1 Å². The molecule has 38 heavy (non-hydrogen) atoms. The SMILES string of the molecule is Cc1c(N)cccc1C1=CN(C)C(O)C(Nc2ccc(C(=O)N3CCN(C(=O)OC(C)(C)C)CC3)cc2)=N1. The molecule has 0 spiro atoms. The van der Waals surface area contributed by atoms with Crippen molar-refractivity contribution in [2.75, 3.05) is 44.3 Å². The van der Waals surface area contributed by atoms with Gasteiger partial charge in [0.15, 0.2) is 12.1 Å². The number of hydrogen-bond donors (Lipinski definition) is 3. The van der Waals surface area contributed by atoms with Crippen molar-refractivity contribution in [3.05, 3.63) is 65.4 Å². The van der Waals surface area contributed by atoms with Crippen LogP contribution in [0.15, 0.2) is 53.7 Å². The Bertz CT molecular complexity index is 1260. The second-order valence-corrected chi connectivity index (χ2v) is 10.5. The van der Waals surface area contributed by atoms with Crippen LogP contribution in [0, 0.1) is 6.92 Å². The molecule has 0 saturated carbocycles. The third-order valence-electron chi connectivity index (χ3n) is 6.47. The zero-order valence-electron chi connectivity index (χ0n) is 22.6. The molecule has 1 atom stereocenters. The van der Waals surface area contributed by atoms with Crippen molar-refractivity contribution in [2.45, 2.75) is 39.5 Å². The number of aliphatic hydroxyl groups excluding tert-OH is 1. The number of anilines is 2. The number of benzene rings is 2. The summed E-state index contributed by atoms with van der Waals surface area (Å²) in [6.45, 7) is 9.16. The quantitative estimate of drug-likeness (QED) is 0.530. The van der Waals surface area contributed by atoms with Gasteiger partial charge < -0.3 is 35.6 Å². The molecule has 1 fully saturated rings. The molecule has 0 radical (unpaired) electrons. The highest BCUT2D eigenvalue weighted by molar-refractivity contribution is 6.03. The first-order valence-electron chi connectivity index (χ1n) is 12.6. The minimum Gasteiger partial charge on any atom is -0.444 e. The number of nitrogen functional groups attached to an aromatic ring is 1. The first-order valence-corrected chi connectivity index (χ1v) is 12.6. The zero-order chi connectivity index (χ0) is 27.6. The predicted molar refractivity (Wildman–Crippen MR) is 149 cm³/mol. The topological polar surface area (TPSA) is 124 Å². The van der Waals surface area contributed by atoms with Crippen LogP contribution >= 0.6 is 0 Å². The van der Waals surface area contributed by atoms with Gasteiger partial charge in [0.05, 0.1) is 5.70 Å². The van der Waals surface area contributed by atoms with Gasteiger partial charge in [0, 0.05) is 61.9 Å². The Labute approximate surface area is 223 Å². The summed E-state index contributed by atoms with van der Waals surface area (Å²) in [7, 11) is 1.77. The van der Waals surface area contributed by atoms with Crippen LogP contribution in [-0.4, -0.2) is 82.7 Å². The Morgan fingerprint density at radius 1 is 1.05 bits per heavy atom. The van der Waals surface area contributed by atoms with Crippen LogP contribution in [0.1, 0.15) is 42.3 Å². The van der Waals surface area contributed by atoms with E-state index in [1.807, 2.05) is 45.9 Å². The maximum absolute atomic E-state index is 13.0. The molecule has 4 N–H and O–H groups in total. The molecule has 2 aliphatic heterocycles. The first-order chi connectivity index (χ1) is 17.9. The molecule has 202 valence electrons. The van der Waals surface area contributed by atoms with Crippen molar-refractivity contribution in [3.8, 4) is 0 Å². The van der Waals surface area contributed by atoms with E-state index in [4.69, 9.17) is 10.5 Å². The number of carbonyl (C=O) groups excluding carboxylic acids is 2. The number of amides is 2. The molecular weight excluding hydrogens is 484 g/mol. The Kier molecular flexibility index (Phi) is 7.63. The van der Waals surface area contributed by atoms with Gasteiger partial charge in [0.25, 0.3) is 5.91 Å². The summed E-state index contributed by atoms with van der Waals surface area (Å²) in [6.07, 6.45) is 0.465. The van der Waals surface area contributed by atoms with Crippen molar-refractivity contribution >= 4 is 34.9 Å². The average molecular weight is 521 g/mol. The third kappa shape index (κ3) is 6.08. The van der Waals surface area contributed by atoms with E-state index < -0.39 is 11.8 Å². The monoisotopic (exact) mass is 520 g/mol. The van der Waals surface area contributed by atoms with Gasteiger partial charge in [0.1, 0.15) is 5.60 Å². The lowest BCUT2D eigenvalue weighted by Crippen LogP contribution is -2.51. The third-order valence-corrected chi connectivity index (χ3v) is 6.47. The zero-order valence-corrected chi connectivity index (χ0v) is 22.6. The van der Waals surface area contributed by atoms with E-state index >= 15 is 0 Å². The largest absolute Gasteiger partial charge is 0.444 e. The van der Waals surface area contributed by atoms with Crippen molar-refractivity contribution < 1.29 is 19.4 Å². The van der Waals surface area contributed by atoms with Crippen LogP contribution in [0.3, 0.4) is 0 Å². The fourth-order valence-corrected chi connectivity index (χ4v) is 4.27. The number of piperazine rings is 1. The lowest BCUT2D eigenvalue weighted by atomic mass is 10.0. The number of hydrogen-bond acceptors (Lipinski definition) is 8. The maximum Gasteiger partial charge on any atom is 0.410 e. The number of aliphatic imine (C=N–C) groups is 1.